The van der Waals surface area contributed by atoms with E-state index in [1.54, 1.807) is 0 Å². The van der Waals surface area contributed by atoms with Gasteiger partial charge in [-0.2, -0.15) is 0 Å². The van der Waals surface area contributed by atoms with Crippen molar-refractivity contribution < 1.29 is 5.11 Å². The number of nitrogens with zero attached hydrogens (tertiary/aromatic N) is 1. The highest BCUT2D eigenvalue weighted by atomic mass is 16.2. The fraction of sp³-hybridized carbons (Fsp3) is 0.600. The van der Waals surface area contributed by atoms with Crippen LogP contribution in [0.25, 0.3) is 0 Å². The molecule has 0 aliphatic carbocycles. The summed E-state index contributed by atoms with van der Waals surface area (Å²) in [5, 5.41) is 8.74. The lowest BCUT2D eigenvalue weighted by atomic mass is 10.1. The molecular formula is C15H26N2O. The summed E-state index contributed by atoms with van der Waals surface area (Å²) in [7, 11) is 0. The Kier molecular flexibility index (Phi) is 7.26. The lowest BCUT2D eigenvalue weighted by Crippen LogP contribution is -2.25. The molecule has 0 heterocycles. The van der Waals surface area contributed by atoms with Crippen LogP contribution in [0.2, 0.25) is 0 Å². The minimum Gasteiger partial charge on any atom is -0.399 e. The molecule has 0 saturated carbocycles. The van der Waals surface area contributed by atoms with E-state index in [1.165, 1.54) is 18.5 Å². The SMILES string of the molecule is CCCN(CCCCCCO)c1ccc(N)cc1. The standard InChI is InChI=1S/C15H26N2O/c1-2-11-17(12-5-3-4-6-13-18)15-9-7-14(16)8-10-15/h7-10,18H,2-6,11-13,16H2,1H3. The number of unbranched alkanes of at least 4 members (excludes halogenated alkanes) is 3. The monoisotopic (exact) mass is 250 g/mol. The molecule has 0 fully saturated rings. The van der Waals surface area contributed by atoms with Crippen LogP contribution < -0.4 is 10.6 Å². The summed E-state index contributed by atoms with van der Waals surface area (Å²) in [4.78, 5) is 2.42. The zero-order chi connectivity index (χ0) is 13.2. The first-order chi connectivity index (χ1) is 8.77. The molecule has 0 aromatic heterocycles. The van der Waals surface area contributed by atoms with Crippen LogP contribution in [-0.4, -0.2) is 24.8 Å². The molecule has 0 radical (unpaired) electrons. The molecular weight excluding hydrogens is 224 g/mol. The molecule has 0 atom stereocenters. The van der Waals surface area contributed by atoms with Crippen LogP contribution in [0.1, 0.15) is 39.0 Å². The predicted molar refractivity (Wildman–Crippen MR) is 78.9 cm³/mol. The van der Waals surface area contributed by atoms with Gasteiger partial charge in [-0.15, -0.1) is 0 Å². The van der Waals surface area contributed by atoms with Crippen molar-refractivity contribution in [3.05, 3.63) is 24.3 Å². The van der Waals surface area contributed by atoms with E-state index in [9.17, 15) is 0 Å². The van der Waals surface area contributed by atoms with Crippen LogP contribution in [0.15, 0.2) is 24.3 Å². The highest BCUT2D eigenvalue weighted by molar-refractivity contribution is 5.53. The largest absolute Gasteiger partial charge is 0.399 e. The molecule has 0 unspecified atom stereocenters. The number of aliphatic hydroxyl groups is 1. The first-order valence-corrected chi connectivity index (χ1v) is 6.99. The molecule has 0 saturated heterocycles. The van der Waals surface area contributed by atoms with Gasteiger partial charge >= 0.3 is 0 Å². The van der Waals surface area contributed by atoms with Gasteiger partial charge in [0.05, 0.1) is 0 Å². The molecule has 3 heteroatoms. The minimum absolute atomic E-state index is 0.316. The molecule has 1 rings (SSSR count). The van der Waals surface area contributed by atoms with Gasteiger partial charge in [0.1, 0.15) is 0 Å². The zero-order valence-corrected chi connectivity index (χ0v) is 11.4. The number of benzene rings is 1. The third kappa shape index (κ3) is 5.41. The Morgan fingerprint density at radius 1 is 1.00 bits per heavy atom. The van der Waals surface area contributed by atoms with Gasteiger partial charge in [-0.1, -0.05) is 19.8 Å². The molecule has 0 spiro atoms. The van der Waals surface area contributed by atoms with Crippen molar-refractivity contribution >= 4 is 11.4 Å². The summed E-state index contributed by atoms with van der Waals surface area (Å²) in [6.45, 7) is 4.69. The van der Waals surface area contributed by atoms with E-state index >= 15 is 0 Å². The normalized spacial score (nSPS) is 10.6. The smallest absolute Gasteiger partial charge is 0.0431 e. The Morgan fingerprint density at radius 2 is 1.67 bits per heavy atom. The van der Waals surface area contributed by atoms with E-state index in [4.69, 9.17) is 10.8 Å². The van der Waals surface area contributed by atoms with Gasteiger partial charge in [-0.25, -0.2) is 0 Å². The maximum atomic E-state index is 8.74. The van der Waals surface area contributed by atoms with Crippen molar-refractivity contribution in [2.24, 2.45) is 0 Å². The number of hydrogen-bond acceptors (Lipinski definition) is 3. The van der Waals surface area contributed by atoms with Crippen molar-refractivity contribution in [1.82, 2.24) is 0 Å². The van der Waals surface area contributed by atoms with Crippen molar-refractivity contribution in [1.29, 1.82) is 0 Å². The highest BCUT2D eigenvalue weighted by Gasteiger charge is 2.04. The van der Waals surface area contributed by atoms with Gasteiger partial charge < -0.3 is 15.7 Å². The number of nitrogens with two attached hydrogens (primary N) is 1. The Bertz CT molecular complexity index is 311. The summed E-state index contributed by atoms with van der Waals surface area (Å²) in [5.74, 6) is 0. The molecule has 3 nitrogen and oxygen atoms in total. The Balaban J connectivity index is 2.41. The van der Waals surface area contributed by atoms with E-state index in [0.717, 1.165) is 38.0 Å². The summed E-state index contributed by atoms with van der Waals surface area (Å²) in [5.41, 5.74) is 7.79. The topological polar surface area (TPSA) is 49.5 Å². The van der Waals surface area contributed by atoms with Crippen LogP contribution in [0.4, 0.5) is 11.4 Å². The summed E-state index contributed by atoms with van der Waals surface area (Å²) < 4.78 is 0. The molecule has 102 valence electrons. The Morgan fingerprint density at radius 3 is 2.28 bits per heavy atom. The quantitative estimate of drug-likeness (QED) is 0.523. The fourth-order valence-electron chi connectivity index (χ4n) is 2.09. The van der Waals surface area contributed by atoms with Gasteiger partial charge in [0.2, 0.25) is 0 Å². The van der Waals surface area contributed by atoms with E-state index < -0.39 is 0 Å². The average molecular weight is 250 g/mol. The van der Waals surface area contributed by atoms with Crippen molar-refractivity contribution in [3.63, 3.8) is 0 Å². The van der Waals surface area contributed by atoms with E-state index in [1.807, 2.05) is 12.1 Å². The number of anilines is 2. The van der Waals surface area contributed by atoms with Crippen LogP contribution >= 0.6 is 0 Å². The van der Waals surface area contributed by atoms with Gasteiger partial charge in [0.15, 0.2) is 0 Å². The molecule has 3 N–H and O–H groups in total. The van der Waals surface area contributed by atoms with Crippen molar-refractivity contribution in [2.45, 2.75) is 39.0 Å². The molecule has 0 aliphatic heterocycles. The predicted octanol–water partition coefficient (Wildman–Crippen LogP) is 3.04. The maximum Gasteiger partial charge on any atom is 0.0431 e. The zero-order valence-electron chi connectivity index (χ0n) is 11.4. The summed E-state index contributed by atoms with van der Waals surface area (Å²) >= 11 is 0. The second-order valence-electron chi connectivity index (χ2n) is 4.72. The van der Waals surface area contributed by atoms with Crippen LogP contribution in [0.5, 0.6) is 0 Å². The molecule has 1 aromatic carbocycles. The van der Waals surface area contributed by atoms with Gasteiger partial charge in [0.25, 0.3) is 0 Å². The van der Waals surface area contributed by atoms with Crippen molar-refractivity contribution in [2.75, 3.05) is 30.3 Å². The minimum atomic E-state index is 0.316. The number of nitrogen functional groups attached to an aromatic ring is 1. The van der Waals surface area contributed by atoms with Crippen LogP contribution in [0, 0.1) is 0 Å². The fourth-order valence-corrected chi connectivity index (χ4v) is 2.09. The third-order valence-electron chi connectivity index (χ3n) is 3.09. The molecule has 0 bridgehead atoms. The maximum absolute atomic E-state index is 8.74. The van der Waals surface area contributed by atoms with Gasteiger partial charge in [-0.3, -0.25) is 0 Å². The first-order valence-electron chi connectivity index (χ1n) is 6.99. The van der Waals surface area contributed by atoms with Crippen molar-refractivity contribution in [3.8, 4) is 0 Å². The Labute approximate surface area is 111 Å². The molecule has 1 aromatic rings. The van der Waals surface area contributed by atoms with E-state index in [2.05, 4.69) is 24.0 Å². The molecule has 0 amide bonds. The molecule has 18 heavy (non-hydrogen) atoms. The second kappa shape index (κ2) is 8.81. The molecule has 0 aliphatic rings. The van der Waals surface area contributed by atoms with E-state index in [0.29, 0.717) is 6.61 Å². The number of rotatable bonds is 9. The summed E-state index contributed by atoms with van der Waals surface area (Å²) in [6.07, 6.45) is 5.58. The van der Waals surface area contributed by atoms with E-state index in [-0.39, 0.29) is 0 Å². The lowest BCUT2D eigenvalue weighted by molar-refractivity contribution is 0.282. The summed E-state index contributed by atoms with van der Waals surface area (Å²) in [6, 6.07) is 8.12. The number of hydrogen-bond donors (Lipinski definition) is 2. The van der Waals surface area contributed by atoms with Crippen LogP contribution in [-0.2, 0) is 0 Å². The van der Waals surface area contributed by atoms with Crippen LogP contribution in [0.3, 0.4) is 0 Å². The van der Waals surface area contributed by atoms with Gasteiger partial charge in [0, 0.05) is 31.1 Å². The number of aliphatic hydroxyl groups excluding tert-OH is 1. The average Bonchev–Trinajstić information content (AvgIpc) is 2.38. The highest BCUT2D eigenvalue weighted by Crippen LogP contribution is 2.17. The Hall–Kier alpha value is -1.22. The second-order valence-corrected chi connectivity index (χ2v) is 4.72. The lowest BCUT2D eigenvalue weighted by Gasteiger charge is -2.24. The van der Waals surface area contributed by atoms with Gasteiger partial charge in [-0.05, 0) is 43.5 Å². The third-order valence-corrected chi connectivity index (χ3v) is 3.09. The first kappa shape index (κ1) is 14.8.